The van der Waals surface area contributed by atoms with Crippen LogP contribution in [0.4, 0.5) is 11.4 Å². The first-order chi connectivity index (χ1) is 13.5. The molecular weight excluding hydrogens is 366 g/mol. The van der Waals surface area contributed by atoms with Crippen LogP contribution in [-0.4, -0.2) is 35.0 Å². The van der Waals surface area contributed by atoms with E-state index in [1.165, 1.54) is 0 Å². The highest BCUT2D eigenvalue weighted by molar-refractivity contribution is 8.13. The summed E-state index contributed by atoms with van der Waals surface area (Å²) >= 11 is 1.68. The van der Waals surface area contributed by atoms with Gasteiger partial charge in [0.15, 0.2) is 11.0 Å². The lowest BCUT2D eigenvalue weighted by Gasteiger charge is -2.47. The highest BCUT2D eigenvalue weighted by Crippen LogP contribution is 2.45. The Morgan fingerprint density at radius 2 is 1.79 bits per heavy atom. The molecular formula is C23H27N3OS. The molecule has 0 N–H and O–H groups in total. The third-order valence-electron chi connectivity index (χ3n) is 5.50. The Morgan fingerprint density at radius 3 is 2.46 bits per heavy atom. The van der Waals surface area contributed by atoms with Crippen molar-refractivity contribution in [1.29, 1.82) is 0 Å². The molecule has 2 aliphatic heterocycles. The van der Waals surface area contributed by atoms with Crippen molar-refractivity contribution < 1.29 is 4.74 Å². The third kappa shape index (κ3) is 3.38. The Kier molecular flexibility index (Phi) is 5.06. The first-order valence-electron chi connectivity index (χ1n) is 9.72. The molecule has 4 rings (SSSR count). The fourth-order valence-electron chi connectivity index (χ4n) is 4.25. The molecule has 0 aromatic heterocycles. The van der Waals surface area contributed by atoms with Crippen molar-refractivity contribution in [2.75, 3.05) is 17.8 Å². The lowest BCUT2D eigenvalue weighted by molar-refractivity contribution is -0.0663. The lowest BCUT2D eigenvalue weighted by Crippen LogP contribution is -2.59. The van der Waals surface area contributed by atoms with E-state index in [9.17, 15) is 0 Å². The Labute approximate surface area is 171 Å². The molecule has 5 heteroatoms. The van der Waals surface area contributed by atoms with Gasteiger partial charge >= 0.3 is 0 Å². The maximum absolute atomic E-state index is 6.09. The highest BCUT2D eigenvalue weighted by Gasteiger charge is 2.54. The van der Waals surface area contributed by atoms with Crippen molar-refractivity contribution in [3.8, 4) is 0 Å². The maximum atomic E-state index is 6.09. The molecule has 28 heavy (non-hydrogen) atoms. The minimum atomic E-state index is -0.302. The zero-order valence-corrected chi connectivity index (χ0v) is 17.8. The van der Waals surface area contributed by atoms with E-state index >= 15 is 0 Å². The van der Waals surface area contributed by atoms with Gasteiger partial charge in [0.25, 0.3) is 0 Å². The van der Waals surface area contributed by atoms with Crippen LogP contribution in [0.3, 0.4) is 0 Å². The molecule has 2 aliphatic rings. The van der Waals surface area contributed by atoms with Gasteiger partial charge < -0.3 is 9.64 Å². The van der Waals surface area contributed by atoms with E-state index in [1.807, 2.05) is 12.1 Å². The molecule has 0 radical (unpaired) electrons. The van der Waals surface area contributed by atoms with Gasteiger partial charge in [0.05, 0.1) is 11.3 Å². The van der Waals surface area contributed by atoms with Gasteiger partial charge in [-0.05, 0) is 50.8 Å². The molecule has 1 atom stereocenters. The van der Waals surface area contributed by atoms with E-state index < -0.39 is 0 Å². The standard InChI is InChI=1S/C23H27N3OS/c1-17-10-8-9-13-19(17)24-20-23(14-15-27-22(2,3)16-23)26(21(25-20)28-4)18-11-6-5-7-12-18/h5-13H,14-16H2,1-4H3/t23-/m1/s1. The van der Waals surface area contributed by atoms with Crippen LogP contribution in [0.2, 0.25) is 0 Å². The molecule has 1 fully saturated rings. The van der Waals surface area contributed by atoms with Crippen molar-refractivity contribution in [1.82, 2.24) is 0 Å². The lowest BCUT2D eigenvalue weighted by atomic mass is 9.79. The van der Waals surface area contributed by atoms with E-state index in [0.29, 0.717) is 6.61 Å². The number of thioether (sulfide) groups is 1. The molecule has 0 amide bonds. The van der Waals surface area contributed by atoms with Gasteiger partial charge in [-0.25, -0.2) is 9.98 Å². The molecule has 2 aromatic carbocycles. The Bertz CT molecular complexity index is 922. The number of benzene rings is 2. The molecule has 0 saturated carbocycles. The molecule has 1 spiro atoms. The van der Waals surface area contributed by atoms with Crippen molar-refractivity contribution in [3.05, 3.63) is 60.2 Å². The minimum Gasteiger partial charge on any atom is -0.375 e. The second-order valence-electron chi connectivity index (χ2n) is 8.06. The summed E-state index contributed by atoms with van der Waals surface area (Å²) in [6.45, 7) is 7.13. The van der Waals surface area contributed by atoms with Crippen LogP contribution in [0.5, 0.6) is 0 Å². The topological polar surface area (TPSA) is 37.2 Å². The second kappa shape index (κ2) is 7.37. The van der Waals surface area contributed by atoms with Crippen molar-refractivity contribution in [3.63, 3.8) is 0 Å². The number of amidine groups is 2. The number of anilines is 1. The summed E-state index contributed by atoms with van der Waals surface area (Å²) in [6.07, 6.45) is 3.79. The molecule has 0 unspecified atom stereocenters. The van der Waals surface area contributed by atoms with Gasteiger partial charge in [-0.3, -0.25) is 0 Å². The molecule has 2 aromatic rings. The summed E-state index contributed by atoms with van der Waals surface area (Å²) in [4.78, 5) is 12.5. The molecule has 146 valence electrons. The predicted octanol–water partition coefficient (Wildman–Crippen LogP) is 5.59. The number of aliphatic imine (C=N–C) groups is 2. The van der Waals surface area contributed by atoms with Gasteiger partial charge in [0.2, 0.25) is 0 Å². The van der Waals surface area contributed by atoms with Crippen LogP contribution < -0.4 is 4.90 Å². The van der Waals surface area contributed by atoms with E-state index in [-0.39, 0.29) is 11.1 Å². The molecule has 0 aliphatic carbocycles. The summed E-state index contributed by atoms with van der Waals surface area (Å²) in [6, 6.07) is 18.8. The largest absolute Gasteiger partial charge is 0.375 e. The van der Waals surface area contributed by atoms with Gasteiger partial charge in [0.1, 0.15) is 5.54 Å². The smallest absolute Gasteiger partial charge is 0.170 e. The van der Waals surface area contributed by atoms with Crippen LogP contribution in [0.25, 0.3) is 0 Å². The van der Waals surface area contributed by atoms with Crippen molar-refractivity contribution in [2.45, 2.75) is 44.8 Å². The number of hydrogen-bond donors (Lipinski definition) is 0. The van der Waals surface area contributed by atoms with Gasteiger partial charge in [0, 0.05) is 25.1 Å². The predicted molar refractivity (Wildman–Crippen MR) is 120 cm³/mol. The quantitative estimate of drug-likeness (QED) is 0.667. The van der Waals surface area contributed by atoms with Crippen LogP contribution >= 0.6 is 11.8 Å². The molecule has 2 heterocycles. The first-order valence-corrected chi connectivity index (χ1v) is 10.9. The zero-order valence-electron chi connectivity index (χ0n) is 17.0. The average molecular weight is 394 g/mol. The van der Waals surface area contributed by atoms with E-state index in [2.05, 4.69) is 74.4 Å². The highest BCUT2D eigenvalue weighted by atomic mass is 32.2. The van der Waals surface area contributed by atoms with Crippen molar-refractivity contribution >= 4 is 34.1 Å². The van der Waals surface area contributed by atoms with E-state index in [0.717, 1.165) is 40.8 Å². The monoisotopic (exact) mass is 393 g/mol. The fraction of sp³-hybridized carbons (Fsp3) is 0.391. The SMILES string of the molecule is CSC1=NC(=Nc2ccccc2C)[C@]2(CCOC(C)(C)C2)N1c1ccccc1. The van der Waals surface area contributed by atoms with E-state index in [4.69, 9.17) is 14.7 Å². The fourth-order valence-corrected chi connectivity index (χ4v) is 4.89. The molecule has 4 nitrogen and oxygen atoms in total. The Hall–Kier alpha value is -2.11. The molecule has 1 saturated heterocycles. The summed E-state index contributed by atoms with van der Waals surface area (Å²) in [5.74, 6) is 0.895. The van der Waals surface area contributed by atoms with Crippen LogP contribution in [0.1, 0.15) is 32.3 Å². The summed E-state index contributed by atoms with van der Waals surface area (Å²) in [5, 5.41) is 0.997. The van der Waals surface area contributed by atoms with Gasteiger partial charge in [-0.2, -0.15) is 0 Å². The van der Waals surface area contributed by atoms with E-state index in [1.54, 1.807) is 11.8 Å². The van der Waals surface area contributed by atoms with Gasteiger partial charge in [-0.15, -0.1) is 0 Å². The summed E-state index contributed by atoms with van der Waals surface area (Å²) < 4.78 is 6.09. The summed E-state index contributed by atoms with van der Waals surface area (Å²) in [7, 11) is 0. The number of nitrogens with zero attached hydrogens (tertiary/aromatic N) is 3. The van der Waals surface area contributed by atoms with Crippen LogP contribution in [0.15, 0.2) is 64.6 Å². The average Bonchev–Trinajstić information content (AvgIpc) is 2.95. The zero-order chi connectivity index (χ0) is 19.8. The first kappa shape index (κ1) is 19.2. The number of ether oxygens (including phenoxy) is 1. The van der Waals surface area contributed by atoms with Crippen molar-refractivity contribution in [2.24, 2.45) is 9.98 Å². The normalized spacial score (nSPS) is 25.4. The number of rotatable bonds is 2. The Morgan fingerprint density at radius 1 is 1.07 bits per heavy atom. The number of para-hydroxylation sites is 2. The minimum absolute atomic E-state index is 0.235. The molecule has 0 bridgehead atoms. The van der Waals surface area contributed by atoms with Crippen LogP contribution in [0, 0.1) is 6.92 Å². The van der Waals surface area contributed by atoms with Crippen LogP contribution in [-0.2, 0) is 4.74 Å². The van der Waals surface area contributed by atoms with Gasteiger partial charge in [-0.1, -0.05) is 48.2 Å². The third-order valence-corrected chi connectivity index (χ3v) is 6.14. The summed E-state index contributed by atoms with van der Waals surface area (Å²) in [5.41, 5.74) is 2.77. The Balaban J connectivity index is 1.90. The second-order valence-corrected chi connectivity index (χ2v) is 8.83. The maximum Gasteiger partial charge on any atom is 0.170 e. The number of aryl methyl sites for hydroxylation is 1. The number of hydrogen-bond acceptors (Lipinski definition) is 4.